The molecule has 1 aromatic heterocycles. The number of hydrogen-bond acceptors (Lipinski definition) is 3. The monoisotopic (exact) mass is 290 g/mol. The average Bonchev–Trinajstić information content (AvgIpc) is 3.15. The van der Waals surface area contributed by atoms with Crippen molar-refractivity contribution < 1.29 is 0 Å². The molecule has 4 heteroatoms. The second-order valence-electron chi connectivity index (χ2n) is 8.11. The number of aromatic nitrogens is 2. The summed E-state index contributed by atoms with van der Waals surface area (Å²) in [5.74, 6) is 0.855. The smallest absolute Gasteiger partial charge is 0.0765 e. The van der Waals surface area contributed by atoms with Gasteiger partial charge < -0.3 is 5.32 Å². The van der Waals surface area contributed by atoms with Crippen LogP contribution < -0.4 is 5.32 Å². The number of rotatable bonds is 4. The van der Waals surface area contributed by atoms with Crippen LogP contribution in [-0.2, 0) is 6.54 Å². The molecule has 1 aliphatic carbocycles. The van der Waals surface area contributed by atoms with Gasteiger partial charge in [0.25, 0.3) is 0 Å². The van der Waals surface area contributed by atoms with Crippen molar-refractivity contribution in [3.05, 3.63) is 18.0 Å². The molecular formula is C17H30N4. The molecule has 3 rings (SSSR count). The molecule has 2 heterocycles. The number of piperazine rings is 1. The topological polar surface area (TPSA) is 33.1 Å². The van der Waals surface area contributed by atoms with Crippen LogP contribution in [0.2, 0.25) is 0 Å². The maximum absolute atomic E-state index is 4.75. The lowest BCUT2D eigenvalue weighted by Crippen LogP contribution is -2.67. The van der Waals surface area contributed by atoms with Crippen molar-refractivity contribution in [2.45, 2.75) is 71.1 Å². The van der Waals surface area contributed by atoms with E-state index in [0.29, 0.717) is 6.04 Å². The molecule has 0 aromatic carbocycles. The Morgan fingerprint density at radius 2 is 2.05 bits per heavy atom. The summed E-state index contributed by atoms with van der Waals surface area (Å²) in [7, 11) is 0. The van der Waals surface area contributed by atoms with E-state index in [-0.39, 0.29) is 11.1 Å². The summed E-state index contributed by atoms with van der Waals surface area (Å²) < 4.78 is 2.07. The summed E-state index contributed by atoms with van der Waals surface area (Å²) in [6, 6.07) is 2.62. The van der Waals surface area contributed by atoms with Crippen LogP contribution in [0.1, 0.15) is 59.2 Å². The van der Waals surface area contributed by atoms with E-state index in [4.69, 9.17) is 5.10 Å². The maximum atomic E-state index is 4.75. The Bertz CT molecular complexity index is 501. The quantitative estimate of drug-likeness (QED) is 0.925. The second kappa shape index (κ2) is 5.10. The van der Waals surface area contributed by atoms with Crippen molar-refractivity contribution >= 4 is 0 Å². The third-order valence-corrected chi connectivity index (χ3v) is 5.24. The van der Waals surface area contributed by atoms with Gasteiger partial charge in [-0.2, -0.15) is 5.10 Å². The second-order valence-corrected chi connectivity index (χ2v) is 8.11. The minimum Gasteiger partial charge on any atom is -0.309 e. The van der Waals surface area contributed by atoms with Crippen LogP contribution in [0.25, 0.3) is 0 Å². The molecule has 0 bridgehead atoms. The van der Waals surface area contributed by atoms with Crippen molar-refractivity contribution in [3.8, 4) is 0 Å². The zero-order valence-corrected chi connectivity index (χ0v) is 14.2. The molecule has 1 aliphatic heterocycles. The number of nitrogens with zero attached hydrogens (tertiary/aromatic N) is 3. The Hall–Kier alpha value is -0.870. The average molecular weight is 290 g/mol. The standard InChI is InChI=1S/C17H30N4/c1-13(2)21-9-8-15(19-21)10-20-12-16(3,4)18-11-17(20,5)14-6-7-14/h8-9,13-14,18H,6-7,10-12H2,1-5H3. The molecule has 0 amide bonds. The van der Waals surface area contributed by atoms with Gasteiger partial charge in [-0.15, -0.1) is 0 Å². The molecule has 4 nitrogen and oxygen atoms in total. The lowest BCUT2D eigenvalue weighted by Gasteiger charge is -2.51. The van der Waals surface area contributed by atoms with Gasteiger partial charge in [0, 0.05) is 43.0 Å². The lowest BCUT2D eigenvalue weighted by atomic mass is 9.86. The maximum Gasteiger partial charge on any atom is 0.0765 e. The van der Waals surface area contributed by atoms with Gasteiger partial charge in [-0.25, -0.2) is 0 Å². The minimum absolute atomic E-state index is 0.189. The molecule has 1 unspecified atom stereocenters. The van der Waals surface area contributed by atoms with Crippen molar-refractivity contribution in [2.24, 2.45) is 5.92 Å². The zero-order chi connectivity index (χ0) is 15.3. The summed E-state index contributed by atoms with van der Waals surface area (Å²) in [6.45, 7) is 14.6. The van der Waals surface area contributed by atoms with Crippen LogP contribution in [0.3, 0.4) is 0 Å². The van der Waals surface area contributed by atoms with Crippen LogP contribution >= 0.6 is 0 Å². The summed E-state index contributed by atoms with van der Waals surface area (Å²) in [5.41, 5.74) is 1.68. The highest BCUT2D eigenvalue weighted by atomic mass is 15.3. The van der Waals surface area contributed by atoms with Crippen molar-refractivity contribution in [3.63, 3.8) is 0 Å². The zero-order valence-electron chi connectivity index (χ0n) is 14.2. The van der Waals surface area contributed by atoms with E-state index in [1.54, 1.807) is 0 Å². The fourth-order valence-corrected chi connectivity index (χ4v) is 3.53. The molecule has 118 valence electrons. The van der Waals surface area contributed by atoms with Crippen LogP contribution in [0, 0.1) is 5.92 Å². The van der Waals surface area contributed by atoms with E-state index in [2.05, 4.69) is 61.8 Å². The van der Waals surface area contributed by atoms with Gasteiger partial charge in [0.1, 0.15) is 0 Å². The minimum atomic E-state index is 0.189. The Morgan fingerprint density at radius 3 is 2.62 bits per heavy atom. The van der Waals surface area contributed by atoms with Gasteiger partial charge in [0.05, 0.1) is 5.69 Å². The third kappa shape index (κ3) is 3.02. The fourth-order valence-electron chi connectivity index (χ4n) is 3.53. The Kier molecular flexibility index (Phi) is 3.65. The molecule has 21 heavy (non-hydrogen) atoms. The molecule has 0 radical (unpaired) electrons. The van der Waals surface area contributed by atoms with E-state index in [1.807, 2.05) is 0 Å². The van der Waals surface area contributed by atoms with Crippen LogP contribution in [0.15, 0.2) is 12.3 Å². The molecule has 1 N–H and O–H groups in total. The van der Waals surface area contributed by atoms with Gasteiger partial charge in [0.15, 0.2) is 0 Å². The van der Waals surface area contributed by atoms with Gasteiger partial charge >= 0.3 is 0 Å². The van der Waals surface area contributed by atoms with Gasteiger partial charge in [-0.05, 0) is 59.4 Å². The number of nitrogens with one attached hydrogen (secondary N) is 1. The predicted octanol–water partition coefficient (Wildman–Crippen LogP) is 2.82. The van der Waals surface area contributed by atoms with Crippen LogP contribution in [0.5, 0.6) is 0 Å². The molecule has 2 fully saturated rings. The molecule has 1 saturated carbocycles. The van der Waals surface area contributed by atoms with Crippen molar-refractivity contribution in [1.82, 2.24) is 20.0 Å². The van der Waals surface area contributed by atoms with Crippen LogP contribution in [-0.4, -0.2) is 38.8 Å². The molecule has 2 aliphatic rings. The first kappa shape index (κ1) is 15.0. The SMILES string of the molecule is CC(C)n1ccc(CN2CC(C)(C)NCC2(C)C2CC2)n1. The highest BCUT2D eigenvalue weighted by Crippen LogP contribution is 2.45. The predicted molar refractivity (Wildman–Crippen MR) is 86.2 cm³/mol. The van der Waals surface area contributed by atoms with Crippen LogP contribution in [0.4, 0.5) is 0 Å². The summed E-state index contributed by atoms with van der Waals surface area (Å²) in [5, 5.41) is 8.49. The van der Waals surface area contributed by atoms with Gasteiger partial charge in [0.2, 0.25) is 0 Å². The fraction of sp³-hybridized carbons (Fsp3) is 0.824. The molecule has 1 aromatic rings. The molecule has 0 spiro atoms. The first-order valence-corrected chi connectivity index (χ1v) is 8.34. The highest BCUT2D eigenvalue weighted by Gasteiger charge is 2.49. The molecular weight excluding hydrogens is 260 g/mol. The summed E-state index contributed by atoms with van der Waals surface area (Å²) in [4.78, 5) is 2.67. The van der Waals surface area contributed by atoms with E-state index < -0.39 is 0 Å². The number of hydrogen-bond donors (Lipinski definition) is 1. The Morgan fingerprint density at radius 1 is 1.33 bits per heavy atom. The van der Waals surface area contributed by atoms with E-state index in [0.717, 1.165) is 25.6 Å². The van der Waals surface area contributed by atoms with Gasteiger partial charge in [-0.1, -0.05) is 0 Å². The molecule has 1 saturated heterocycles. The Balaban J connectivity index is 1.78. The van der Waals surface area contributed by atoms with Gasteiger partial charge in [-0.3, -0.25) is 9.58 Å². The van der Waals surface area contributed by atoms with Crippen molar-refractivity contribution in [1.29, 1.82) is 0 Å². The van der Waals surface area contributed by atoms with E-state index in [9.17, 15) is 0 Å². The first-order valence-electron chi connectivity index (χ1n) is 8.34. The first-order chi connectivity index (χ1) is 9.80. The summed E-state index contributed by atoms with van der Waals surface area (Å²) in [6.07, 6.45) is 4.88. The van der Waals surface area contributed by atoms with E-state index in [1.165, 1.54) is 18.5 Å². The largest absolute Gasteiger partial charge is 0.309 e. The summed E-state index contributed by atoms with van der Waals surface area (Å²) >= 11 is 0. The van der Waals surface area contributed by atoms with Crippen molar-refractivity contribution in [2.75, 3.05) is 13.1 Å². The normalized spacial score (nSPS) is 30.0. The van der Waals surface area contributed by atoms with E-state index >= 15 is 0 Å². The Labute approximate surface area is 128 Å². The third-order valence-electron chi connectivity index (χ3n) is 5.24. The molecule has 1 atom stereocenters. The highest BCUT2D eigenvalue weighted by molar-refractivity contribution is 5.10. The lowest BCUT2D eigenvalue weighted by molar-refractivity contribution is 0.00417.